The smallest absolute Gasteiger partial charge is 0.123 e. The van der Waals surface area contributed by atoms with Crippen molar-refractivity contribution in [2.24, 2.45) is 0 Å². The van der Waals surface area contributed by atoms with Crippen LogP contribution in [-0.4, -0.2) is 19.4 Å². The summed E-state index contributed by atoms with van der Waals surface area (Å²) in [5.74, 6) is 1.56. The molecule has 21 heavy (non-hydrogen) atoms. The summed E-state index contributed by atoms with van der Waals surface area (Å²) in [7, 11) is 1.67. The summed E-state index contributed by atoms with van der Waals surface area (Å²) in [5.41, 5.74) is 1.23. The molecule has 0 aliphatic heterocycles. The average molecular weight is 305 g/mol. The second kappa shape index (κ2) is 8.05. The fourth-order valence-electron chi connectivity index (χ4n) is 2.07. The quantitative estimate of drug-likeness (QED) is 0.772. The molecule has 0 aliphatic carbocycles. The van der Waals surface area contributed by atoms with Crippen LogP contribution in [0.2, 0.25) is 0 Å². The first-order valence-electron chi connectivity index (χ1n) is 6.98. The van der Waals surface area contributed by atoms with Crippen molar-refractivity contribution in [2.45, 2.75) is 17.9 Å². The number of ether oxygens (including phenoxy) is 1. The summed E-state index contributed by atoms with van der Waals surface area (Å²) < 4.78 is 18.1. The molecule has 2 aromatic carbocycles. The second-order valence-corrected chi connectivity index (χ2v) is 5.74. The summed E-state index contributed by atoms with van der Waals surface area (Å²) in [6, 6.07) is 15.0. The van der Waals surface area contributed by atoms with Crippen molar-refractivity contribution in [2.75, 3.05) is 19.4 Å². The Morgan fingerprint density at radius 1 is 1.10 bits per heavy atom. The maximum absolute atomic E-state index is 12.9. The monoisotopic (exact) mass is 305 g/mol. The molecule has 2 aromatic rings. The fraction of sp³-hybridized carbons (Fsp3) is 0.294. The SMILES string of the molecule is CCNC(CSc1ccc(F)cc1)c1ccc(OC)cc1. The molecule has 1 unspecified atom stereocenters. The molecule has 0 fully saturated rings. The number of hydrogen-bond donors (Lipinski definition) is 1. The average Bonchev–Trinajstić information content (AvgIpc) is 2.53. The van der Waals surface area contributed by atoms with Gasteiger partial charge in [-0.05, 0) is 48.5 Å². The van der Waals surface area contributed by atoms with E-state index in [-0.39, 0.29) is 11.9 Å². The standard InChI is InChI=1S/C17H20FNOS/c1-3-19-17(13-4-8-15(20-2)9-5-13)12-21-16-10-6-14(18)7-11-16/h4-11,17,19H,3,12H2,1-2H3. The lowest BCUT2D eigenvalue weighted by Gasteiger charge is -2.18. The normalized spacial score (nSPS) is 12.1. The first-order chi connectivity index (χ1) is 10.2. The molecule has 0 spiro atoms. The highest BCUT2D eigenvalue weighted by Crippen LogP contribution is 2.26. The van der Waals surface area contributed by atoms with Gasteiger partial charge in [0, 0.05) is 16.7 Å². The molecule has 0 heterocycles. The number of hydrogen-bond acceptors (Lipinski definition) is 3. The van der Waals surface area contributed by atoms with Crippen LogP contribution < -0.4 is 10.1 Å². The van der Waals surface area contributed by atoms with Crippen LogP contribution >= 0.6 is 11.8 Å². The van der Waals surface area contributed by atoms with E-state index in [2.05, 4.69) is 24.4 Å². The summed E-state index contributed by atoms with van der Waals surface area (Å²) in [6.07, 6.45) is 0. The third kappa shape index (κ3) is 4.76. The second-order valence-electron chi connectivity index (χ2n) is 4.65. The molecule has 0 saturated heterocycles. The van der Waals surface area contributed by atoms with E-state index in [9.17, 15) is 4.39 Å². The number of rotatable bonds is 7. The van der Waals surface area contributed by atoms with Gasteiger partial charge in [0.05, 0.1) is 7.11 Å². The molecule has 1 atom stereocenters. The van der Waals surface area contributed by atoms with Crippen LogP contribution in [0.5, 0.6) is 5.75 Å². The predicted octanol–water partition coefficient (Wildman–Crippen LogP) is 4.28. The van der Waals surface area contributed by atoms with Gasteiger partial charge in [-0.25, -0.2) is 4.39 Å². The zero-order valence-corrected chi connectivity index (χ0v) is 13.1. The first kappa shape index (κ1) is 15.9. The van der Waals surface area contributed by atoms with Crippen LogP contribution in [0.1, 0.15) is 18.5 Å². The molecule has 0 aliphatic rings. The van der Waals surface area contributed by atoms with Gasteiger partial charge in [0.25, 0.3) is 0 Å². The van der Waals surface area contributed by atoms with Crippen molar-refractivity contribution in [3.63, 3.8) is 0 Å². The van der Waals surface area contributed by atoms with Gasteiger partial charge < -0.3 is 10.1 Å². The Kier molecular flexibility index (Phi) is 6.08. The van der Waals surface area contributed by atoms with E-state index >= 15 is 0 Å². The topological polar surface area (TPSA) is 21.3 Å². The van der Waals surface area contributed by atoms with Gasteiger partial charge in [-0.3, -0.25) is 0 Å². The number of halogens is 1. The summed E-state index contributed by atoms with van der Waals surface area (Å²) in [6.45, 7) is 3.00. The number of benzene rings is 2. The Morgan fingerprint density at radius 2 is 1.76 bits per heavy atom. The summed E-state index contributed by atoms with van der Waals surface area (Å²) in [4.78, 5) is 1.08. The highest BCUT2D eigenvalue weighted by molar-refractivity contribution is 7.99. The van der Waals surface area contributed by atoms with Gasteiger partial charge in [0.2, 0.25) is 0 Å². The third-order valence-corrected chi connectivity index (χ3v) is 4.30. The van der Waals surface area contributed by atoms with Gasteiger partial charge in [-0.1, -0.05) is 19.1 Å². The molecule has 0 bridgehead atoms. The molecule has 1 N–H and O–H groups in total. The number of methoxy groups -OCH3 is 1. The highest BCUT2D eigenvalue weighted by atomic mass is 32.2. The largest absolute Gasteiger partial charge is 0.497 e. The van der Waals surface area contributed by atoms with Crippen LogP contribution in [0.3, 0.4) is 0 Å². The molecule has 112 valence electrons. The minimum absolute atomic E-state index is 0.197. The van der Waals surface area contributed by atoms with Crippen molar-refractivity contribution < 1.29 is 9.13 Å². The van der Waals surface area contributed by atoms with Crippen molar-refractivity contribution >= 4 is 11.8 Å². The van der Waals surface area contributed by atoms with E-state index in [1.165, 1.54) is 17.7 Å². The van der Waals surface area contributed by atoms with E-state index in [4.69, 9.17) is 4.74 Å². The Hall–Kier alpha value is -1.52. The molecule has 2 nitrogen and oxygen atoms in total. The molecule has 4 heteroatoms. The molecule has 0 radical (unpaired) electrons. The van der Waals surface area contributed by atoms with Gasteiger partial charge in [-0.2, -0.15) is 0 Å². The Labute approximate surface area is 129 Å². The van der Waals surface area contributed by atoms with Crippen LogP contribution in [0.15, 0.2) is 53.4 Å². The third-order valence-electron chi connectivity index (χ3n) is 3.20. The zero-order valence-electron chi connectivity index (χ0n) is 12.3. The van der Waals surface area contributed by atoms with E-state index in [1.807, 2.05) is 24.3 Å². The maximum atomic E-state index is 12.9. The van der Waals surface area contributed by atoms with Crippen molar-refractivity contribution in [3.8, 4) is 5.75 Å². The molecule has 2 rings (SSSR count). The minimum Gasteiger partial charge on any atom is -0.497 e. The van der Waals surface area contributed by atoms with E-state index in [0.29, 0.717) is 0 Å². The number of nitrogens with one attached hydrogen (secondary N) is 1. The molecular formula is C17H20FNOS. The summed E-state index contributed by atoms with van der Waals surface area (Å²) in [5, 5.41) is 3.48. The first-order valence-corrected chi connectivity index (χ1v) is 7.97. The summed E-state index contributed by atoms with van der Waals surface area (Å²) >= 11 is 1.72. The Morgan fingerprint density at radius 3 is 2.33 bits per heavy atom. The lowest BCUT2D eigenvalue weighted by Crippen LogP contribution is -2.22. The maximum Gasteiger partial charge on any atom is 0.123 e. The van der Waals surface area contributed by atoms with Gasteiger partial charge in [-0.15, -0.1) is 11.8 Å². The highest BCUT2D eigenvalue weighted by Gasteiger charge is 2.11. The molecule has 0 saturated carbocycles. The van der Waals surface area contributed by atoms with Gasteiger partial charge >= 0.3 is 0 Å². The molecule has 0 aromatic heterocycles. The minimum atomic E-state index is -0.197. The lowest BCUT2D eigenvalue weighted by molar-refractivity contribution is 0.414. The predicted molar refractivity (Wildman–Crippen MR) is 86.5 cm³/mol. The molecular weight excluding hydrogens is 285 g/mol. The van der Waals surface area contributed by atoms with Crippen LogP contribution in [0.4, 0.5) is 4.39 Å². The Balaban J connectivity index is 2.02. The van der Waals surface area contributed by atoms with Crippen LogP contribution in [-0.2, 0) is 0 Å². The number of thioether (sulfide) groups is 1. The Bertz CT molecular complexity index is 542. The van der Waals surface area contributed by atoms with Gasteiger partial charge in [0.1, 0.15) is 11.6 Å². The van der Waals surface area contributed by atoms with Crippen molar-refractivity contribution in [1.29, 1.82) is 0 Å². The van der Waals surface area contributed by atoms with Crippen molar-refractivity contribution in [3.05, 3.63) is 59.9 Å². The van der Waals surface area contributed by atoms with E-state index in [1.54, 1.807) is 18.9 Å². The van der Waals surface area contributed by atoms with Crippen LogP contribution in [0, 0.1) is 5.82 Å². The zero-order chi connectivity index (χ0) is 15.1. The van der Waals surface area contributed by atoms with E-state index < -0.39 is 0 Å². The van der Waals surface area contributed by atoms with Crippen LogP contribution in [0.25, 0.3) is 0 Å². The molecule has 0 amide bonds. The lowest BCUT2D eigenvalue weighted by atomic mass is 10.1. The fourth-order valence-corrected chi connectivity index (χ4v) is 3.06. The van der Waals surface area contributed by atoms with Crippen molar-refractivity contribution in [1.82, 2.24) is 5.32 Å². The van der Waals surface area contributed by atoms with E-state index in [0.717, 1.165) is 22.9 Å². The van der Waals surface area contributed by atoms with Gasteiger partial charge in [0.15, 0.2) is 0 Å².